The molecular formula is C16H21N3. The molecule has 0 spiro atoms. The number of fused-ring (bicyclic) bond motifs is 1. The van der Waals surface area contributed by atoms with E-state index >= 15 is 0 Å². The van der Waals surface area contributed by atoms with Crippen LogP contribution in [-0.2, 0) is 0 Å². The van der Waals surface area contributed by atoms with Crippen LogP contribution in [0.2, 0.25) is 0 Å². The first-order chi connectivity index (χ1) is 9.15. The maximum absolute atomic E-state index is 4.89. The van der Waals surface area contributed by atoms with Crippen molar-refractivity contribution in [3.63, 3.8) is 0 Å². The minimum Gasteiger partial charge on any atom is -0.354 e. The molecule has 0 amide bonds. The zero-order chi connectivity index (χ0) is 13.4. The smallest absolute Gasteiger partial charge is 0.129 e. The number of pyridine rings is 1. The molecule has 19 heavy (non-hydrogen) atoms. The lowest BCUT2D eigenvalue weighted by Gasteiger charge is -2.33. The summed E-state index contributed by atoms with van der Waals surface area (Å²) in [7, 11) is 2.18. The van der Waals surface area contributed by atoms with Gasteiger partial charge in [0.05, 0.1) is 5.52 Å². The molecule has 0 unspecified atom stereocenters. The molecular weight excluding hydrogens is 234 g/mol. The molecule has 2 heterocycles. The van der Waals surface area contributed by atoms with E-state index < -0.39 is 0 Å². The van der Waals surface area contributed by atoms with Gasteiger partial charge in [-0.1, -0.05) is 18.2 Å². The molecule has 1 aromatic heterocycles. The highest BCUT2D eigenvalue weighted by molar-refractivity contribution is 5.86. The molecule has 100 valence electrons. The van der Waals surface area contributed by atoms with Crippen molar-refractivity contribution in [1.29, 1.82) is 0 Å². The van der Waals surface area contributed by atoms with Crippen molar-refractivity contribution in [2.45, 2.75) is 13.8 Å². The number of piperazine rings is 1. The van der Waals surface area contributed by atoms with Crippen LogP contribution in [0.15, 0.2) is 24.3 Å². The highest BCUT2D eigenvalue weighted by atomic mass is 15.3. The molecule has 0 aliphatic carbocycles. The molecule has 2 aromatic rings. The van der Waals surface area contributed by atoms with Gasteiger partial charge in [0.2, 0.25) is 0 Å². The molecule has 1 aromatic carbocycles. The van der Waals surface area contributed by atoms with Crippen molar-refractivity contribution in [3.05, 3.63) is 35.4 Å². The van der Waals surface area contributed by atoms with Gasteiger partial charge in [-0.2, -0.15) is 0 Å². The van der Waals surface area contributed by atoms with Gasteiger partial charge in [-0.05, 0) is 38.1 Å². The highest BCUT2D eigenvalue weighted by Crippen LogP contribution is 2.25. The van der Waals surface area contributed by atoms with Crippen LogP contribution in [0.3, 0.4) is 0 Å². The van der Waals surface area contributed by atoms with E-state index in [4.69, 9.17) is 4.98 Å². The summed E-state index contributed by atoms with van der Waals surface area (Å²) < 4.78 is 0. The first-order valence-electron chi connectivity index (χ1n) is 6.95. The molecule has 1 saturated heterocycles. The van der Waals surface area contributed by atoms with Crippen LogP contribution < -0.4 is 4.90 Å². The van der Waals surface area contributed by atoms with E-state index in [1.165, 1.54) is 16.5 Å². The predicted molar refractivity (Wildman–Crippen MR) is 80.9 cm³/mol. The Bertz CT molecular complexity index is 598. The number of para-hydroxylation sites is 1. The molecule has 0 bridgehead atoms. The van der Waals surface area contributed by atoms with Gasteiger partial charge in [0, 0.05) is 31.6 Å². The van der Waals surface area contributed by atoms with E-state index in [9.17, 15) is 0 Å². The Kier molecular flexibility index (Phi) is 3.15. The summed E-state index contributed by atoms with van der Waals surface area (Å²) in [5.74, 6) is 1.13. The van der Waals surface area contributed by atoms with E-state index in [1.807, 2.05) is 0 Å². The van der Waals surface area contributed by atoms with Gasteiger partial charge >= 0.3 is 0 Å². The second kappa shape index (κ2) is 4.82. The Morgan fingerprint density at radius 2 is 1.74 bits per heavy atom. The Morgan fingerprint density at radius 3 is 2.47 bits per heavy atom. The van der Waals surface area contributed by atoms with Crippen LogP contribution in [-0.4, -0.2) is 43.1 Å². The summed E-state index contributed by atoms with van der Waals surface area (Å²) >= 11 is 0. The standard InChI is InChI=1S/C16H21N3/c1-12-5-4-6-14-13(2)11-15(17-16(12)14)19-9-7-18(3)8-10-19/h4-6,11H,7-10H2,1-3H3. The highest BCUT2D eigenvalue weighted by Gasteiger charge is 2.16. The molecule has 3 rings (SSSR count). The number of benzene rings is 1. The molecule has 0 saturated carbocycles. The SMILES string of the molecule is Cc1cc(N2CCN(C)CC2)nc2c(C)cccc12. The van der Waals surface area contributed by atoms with Crippen molar-refractivity contribution >= 4 is 16.7 Å². The molecule has 0 atom stereocenters. The van der Waals surface area contributed by atoms with Crippen LogP contribution in [0.1, 0.15) is 11.1 Å². The fourth-order valence-corrected chi connectivity index (χ4v) is 2.74. The number of nitrogens with zero attached hydrogens (tertiary/aromatic N) is 3. The van der Waals surface area contributed by atoms with Gasteiger partial charge in [-0.15, -0.1) is 0 Å². The fraction of sp³-hybridized carbons (Fsp3) is 0.438. The lowest BCUT2D eigenvalue weighted by Crippen LogP contribution is -2.44. The Labute approximate surface area is 114 Å². The van der Waals surface area contributed by atoms with Crippen LogP contribution in [0.5, 0.6) is 0 Å². The summed E-state index contributed by atoms with van der Waals surface area (Å²) in [4.78, 5) is 9.66. The van der Waals surface area contributed by atoms with E-state index in [2.05, 4.69) is 55.0 Å². The van der Waals surface area contributed by atoms with Crippen LogP contribution in [0.25, 0.3) is 10.9 Å². The van der Waals surface area contributed by atoms with Crippen molar-refractivity contribution in [3.8, 4) is 0 Å². The van der Waals surface area contributed by atoms with Gasteiger partial charge in [-0.3, -0.25) is 0 Å². The number of aryl methyl sites for hydroxylation is 2. The van der Waals surface area contributed by atoms with E-state index in [1.54, 1.807) is 0 Å². The van der Waals surface area contributed by atoms with E-state index in [0.29, 0.717) is 0 Å². The molecule has 1 aliphatic rings. The van der Waals surface area contributed by atoms with Gasteiger partial charge in [0.15, 0.2) is 0 Å². The average molecular weight is 255 g/mol. The van der Waals surface area contributed by atoms with Crippen molar-refractivity contribution in [2.24, 2.45) is 0 Å². The minimum atomic E-state index is 1.07. The number of hydrogen-bond acceptors (Lipinski definition) is 3. The quantitative estimate of drug-likeness (QED) is 0.781. The third-order valence-corrected chi connectivity index (χ3v) is 4.06. The Balaban J connectivity index is 2.03. The molecule has 1 aliphatic heterocycles. The van der Waals surface area contributed by atoms with Gasteiger partial charge in [0.25, 0.3) is 0 Å². The number of rotatable bonds is 1. The molecule has 3 nitrogen and oxygen atoms in total. The van der Waals surface area contributed by atoms with Gasteiger partial charge in [0.1, 0.15) is 5.82 Å². The third kappa shape index (κ3) is 2.30. The van der Waals surface area contributed by atoms with Crippen LogP contribution in [0, 0.1) is 13.8 Å². The predicted octanol–water partition coefficient (Wildman–Crippen LogP) is 2.60. The summed E-state index contributed by atoms with van der Waals surface area (Å²) in [6.45, 7) is 8.70. The van der Waals surface area contributed by atoms with E-state index in [-0.39, 0.29) is 0 Å². The minimum absolute atomic E-state index is 1.07. The monoisotopic (exact) mass is 255 g/mol. The van der Waals surface area contributed by atoms with E-state index in [0.717, 1.165) is 37.5 Å². The maximum atomic E-state index is 4.89. The summed E-state index contributed by atoms with van der Waals surface area (Å²) in [6, 6.07) is 8.65. The van der Waals surface area contributed by atoms with Crippen molar-refractivity contribution in [2.75, 3.05) is 38.1 Å². The third-order valence-electron chi connectivity index (χ3n) is 4.06. The van der Waals surface area contributed by atoms with Crippen molar-refractivity contribution < 1.29 is 0 Å². The number of anilines is 1. The lowest BCUT2D eigenvalue weighted by atomic mass is 10.1. The Morgan fingerprint density at radius 1 is 1.00 bits per heavy atom. The zero-order valence-electron chi connectivity index (χ0n) is 12.0. The molecule has 3 heteroatoms. The van der Waals surface area contributed by atoms with Crippen molar-refractivity contribution in [1.82, 2.24) is 9.88 Å². The normalized spacial score (nSPS) is 17.1. The molecule has 0 radical (unpaired) electrons. The largest absolute Gasteiger partial charge is 0.354 e. The van der Waals surface area contributed by atoms with Crippen LogP contribution in [0.4, 0.5) is 5.82 Å². The number of likely N-dealkylation sites (N-methyl/N-ethyl adjacent to an activating group) is 1. The lowest BCUT2D eigenvalue weighted by molar-refractivity contribution is 0.312. The second-order valence-electron chi connectivity index (χ2n) is 5.56. The average Bonchev–Trinajstić information content (AvgIpc) is 2.41. The van der Waals surface area contributed by atoms with Gasteiger partial charge < -0.3 is 9.80 Å². The molecule has 0 N–H and O–H groups in total. The number of hydrogen-bond donors (Lipinski definition) is 0. The summed E-state index contributed by atoms with van der Waals surface area (Å²) in [6.07, 6.45) is 0. The van der Waals surface area contributed by atoms with Crippen LogP contribution >= 0.6 is 0 Å². The second-order valence-corrected chi connectivity index (χ2v) is 5.56. The summed E-state index contributed by atoms with van der Waals surface area (Å²) in [5.41, 5.74) is 3.73. The first kappa shape index (κ1) is 12.4. The Hall–Kier alpha value is -1.61. The first-order valence-corrected chi connectivity index (χ1v) is 6.95. The topological polar surface area (TPSA) is 19.4 Å². The van der Waals surface area contributed by atoms with Gasteiger partial charge in [-0.25, -0.2) is 4.98 Å². The fourth-order valence-electron chi connectivity index (χ4n) is 2.74. The maximum Gasteiger partial charge on any atom is 0.129 e. The molecule has 1 fully saturated rings. The zero-order valence-corrected chi connectivity index (χ0v) is 12.0. The number of aromatic nitrogens is 1. The summed E-state index contributed by atoms with van der Waals surface area (Å²) in [5, 5.41) is 1.28.